The maximum Gasteiger partial charge on any atom is 0.262 e. The van der Waals surface area contributed by atoms with Crippen LogP contribution in [0.3, 0.4) is 0 Å². The van der Waals surface area contributed by atoms with E-state index in [0.29, 0.717) is 77.5 Å². The first-order valence-corrected chi connectivity index (χ1v) is 11.7. The standard InChI is InChI=1S/C22H25Cl2N3O3S/c1-14(2)30-9-3-6-26-21(28)20-19(16-5-4-15(23)12-18(16)24)17(13-25)22(31-20)27-7-10-29-11-8-27/h4-5,12,14H,3,6-11H2,1-2H3,(H,26,28). The van der Waals surface area contributed by atoms with Gasteiger partial charge in [0, 0.05) is 47.4 Å². The van der Waals surface area contributed by atoms with Gasteiger partial charge in [0.15, 0.2) is 0 Å². The van der Waals surface area contributed by atoms with Gasteiger partial charge in [-0.05, 0) is 32.4 Å². The van der Waals surface area contributed by atoms with Crippen LogP contribution in [-0.2, 0) is 9.47 Å². The molecule has 1 aromatic carbocycles. The smallest absolute Gasteiger partial charge is 0.262 e. The number of benzene rings is 1. The van der Waals surface area contributed by atoms with Gasteiger partial charge in [0.1, 0.15) is 15.9 Å². The first-order chi connectivity index (χ1) is 14.9. The van der Waals surface area contributed by atoms with Crippen molar-refractivity contribution in [2.45, 2.75) is 26.4 Å². The third-order valence-electron chi connectivity index (χ3n) is 4.76. The zero-order chi connectivity index (χ0) is 22.4. The maximum absolute atomic E-state index is 13.1. The van der Waals surface area contributed by atoms with Crippen LogP contribution in [0, 0.1) is 11.3 Å². The van der Waals surface area contributed by atoms with Crippen molar-refractivity contribution in [2.75, 3.05) is 44.4 Å². The van der Waals surface area contributed by atoms with Gasteiger partial charge < -0.3 is 19.7 Å². The molecule has 2 aromatic rings. The minimum absolute atomic E-state index is 0.154. The summed E-state index contributed by atoms with van der Waals surface area (Å²) in [5, 5.41) is 14.6. The molecule has 31 heavy (non-hydrogen) atoms. The van der Waals surface area contributed by atoms with E-state index in [9.17, 15) is 10.1 Å². The van der Waals surface area contributed by atoms with Crippen molar-refractivity contribution in [1.82, 2.24) is 5.32 Å². The largest absolute Gasteiger partial charge is 0.379 e. The Labute approximate surface area is 196 Å². The van der Waals surface area contributed by atoms with Gasteiger partial charge in [-0.15, -0.1) is 11.3 Å². The van der Waals surface area contributed by atoms with Crippen LogP contribution in [0.25, 0.3) is 11.1 Å². The van der Waals surface area contributed by atoms with Crippen LogP contribution >= 0.6 is 34.5 Å². The fraction of sp³-hybridized carbons (Fsp3) is 0.455. The van der Waals surface area contributed by atoms with Crippen molar-refractivity contribution < 1.29 is 14.3 Å². The molecule has 0 saturated carbocycles. The first-order valence-electron chi connectivity index (χ1n) is 10.2. The molecule has 1 aliphatic rings. The van der Waals surface area contributed by atoms with Gasteiger partial charge >= 0.3 is 0 Å². The minimum atomic E-state index is -0.230. The van der Waals surface area contributed by atoms with Gasteiger partial charge in [-0.25, -0.2) is 0 Å². The van der Waals surface area contributed by atoms with E-state index in [4.69, 9.17) is 32.7 Å². The van der Waals surface area contributed by atoms with E-state index < -0.39 is 0 Å². The van der Waals surface area contributed by atoms with Crippen molar-refractivity contribution >= 4 is 45.4 Å². The molecule has 6 nitrogen and oxygen atoms in total. The highest BCUT2D eigenvalue weighted by Crippen LogP contribution is 2.44. The fourth-order valence-electron chi connectivity index (χ4n) is 3.29. The van der Waals surface area contributed by atoms with Crippen molar-refractivity contribution in [3.63, 3.8) is 0 Å². The summed E-state index contributed by atoms with van der Waals surface area (Å²) in [4.78, 5) is 15.7. The number of nitrogens with zero attached hydrogens (tertiary/aromatic N) is 2. The zero-order valence-electron chi connectivity index (χ0n) is 17.5. The Balaban J connectivity index is 1.95. The van der Waals surface area contributed by atoms with Gasteiger partial charge in [-0.1, -0.05) is 29.3 Å². The Kier molecular flexibility index (Phi) is 8.58. The molecule has 1 amide bonds. The highest BCUT2D eigenvalue weighted by Gasteiger charge is 2.28. The number of amides is 1. The lowest BCUT2D eigenvalue weighted by Crippen LogP contribution is -2.36. The Morgan fingerprint density at radius 3 is 2.74 bits per heavy atom. The fourth-order valence-corrected chi connectivity index (χ4v) is 5.03. The number of carbonyl (C=O) groups excluding carboxylic acids is 1. The lowest BCUT2D eigenvalue weighted by molar-refractivity contribution is 0.0757. The minimum Gasteiger partial charge on any atom is -0.379 e. The number of halogens is 2. The predicted octanol–water partition coefficient (Wildman–Crippen LogP) is 4.98. The molecule has 1 saturated heterocycles. The summed E-state index contributed by atoms with van der Waals surface area (Å²) in [5.41, 5.74) is 1.61. The Morgan fingerprint density at radius 1 is 1.35 bits per heavy atom. The predicted molar refractivity (Wildman–Crippen MR) is 126 cm³/mol. The lowest BCUT2D eigenvalue weighted by atomic mass is 10.0. The summed E-state index contributed by atoms with van der Waals surface area (Å²) < 4.78 is 11.0. The molecule has 0 unspecified atom stereocenters. The van der Waals surface area contributed by atoms with E-state index >= 15 is 0 Å². The summed E-state index contributed by atoms with van der Waals surface area (Å²) in [6.45, 7) is 7.49. The number of thiophene rings is 1. The van der Waals surface area contributed by atoms with E-state index in [0.717, 1.165) is 5.00 Å². The molecule has 1 N–H and O–H groups in total. The Hall–Kier alpha value is -1.82. The molecule has 0 atom stereocenters. The van der Waals surface area contributed by atoms with Crippen LogP contribution in [0.5, 0.6) is 0 Å². The molecule has 166 valence electrons. The zero-order valence-corrected chi connectivity index (χ0v) is 19.9. The van der Waals surface area contributed by atoms with Crippen LogP contribution in [0.4, 0.5) is 5.00 Å². The van der Waals surface area contributed by atoms with E-state index in [2.05, 4.69) is 16.3 Å². The molecule has 0 radical (unpaired) electrons. The number of rotatable bonds is 8. The van der Waals surface area contributed by atoms with Crippen molar-refractivity contribution in [1.29, 1.82) is 5.26 Å². The summed E-state index contributed by atoms with van der Waals surface area (Å²) in [6, 6.07) is 7.39. The molecule has 0 bridgehead atoms. The van der Waals surface area contributed by atoms with Crippen molar-refractivity contribution in [2.24, 2.45) is 0 Å². The average molecular weight is 482 g/mol. The number of carbonyl (C=O) groups is 1. The Morgan fingerprint density at radius 2 is 2.10 bits per heavy atom. The number of anilines is 1. The van der Waals surface area contributed by atoms with E-state index in [1.807, 2.05) is 13.8 Å². The second-order valence-corrected chi connectivity index (χ2v) is 9.19. The van der Waals surface area contributed by atoms with Crippen molar-refractivity contribution in [3.8, 4) is 17.2 Å². The summed E-state index contributed by atoms with van der Waals surface area (Å²) >= 11 is 13.9. The molecule has 3 rings (SSSR count). The topological polar surface area (TPSA) is 74.6 Å². The van der Waals surface area contributed by atoms with Gasteiger partial charge in [-0.2, -0.15) is 5.26 Å². The number of ether oxygens (including phenoxy) is 2. The first kappa shape index (κ1) is 23.8. The van der Waals surface area contributed by atoms with Crippen LogP contribution < -0.4 is 10.2 Å². The molecule has 1 aliphatic heterocycles. The summed E-state index contributed by atoms with van der Waals surface area (Å²) in [6.07, 6.45) is 0.856. The van der Waals surface area contributed by atoms with E-state index in [-0.39, 0.29) is 12.0 Å². The SMILES string of the molecule is CC(C)OCCCNC(=O)c1sc(N2CCOCC2)c(C#N)c1-c1ccc(Cl)cc1Cl. The molecule has 1 fully saturated rings. The van der Waals surface area contributed by atoms with E-state index in [1.54, 1.807) is 18.2 Å². The van der Waals surface area contributed by atoms with Crippen LogP contribution in [0.15, 0.2) is 18.2 Å². The molecule has 2 heterocycles. The number of nitrogens with one attached hydrogen (secondary N) is 1. The van der Waals surface area contributed by atoms with Crippen LogP contribution in [-0.4, -0.2) is 51.5 Å². The molecule has 0 spiro atoms. The van der Waals surface area contributed by atoms with E-state index in [1.165, 1.54) is 11.3 Å². The van der Waals surface area contributed by atoms with Gasteiger partial charge in [0.2, 0.25) is 0 Å². The number of hydrogen-bond acceptors (Lipinski definition) is 6. The molecule has 1 aromatic heterocycles. The molecular formula is C22H25Cl2N3O3S. The lowest BCUT2D eigenvalue weighted by Gasteiger charge is -2.27. The van der Waals surface area contributed by atoms with Gasteiger partial charge in [0.05, 0.1) is 24.9 Å². The molecule has 0 aliphatic carbocycles. The highest BCUT2D eigenvalue weighted by atomic mass is 35.5. The number of nitriles is 1. The second-order valence-electron chi connectivity index (χ2n) is 7.35. The summed E-state index contributed by atoms with van der Waals surface area (Å²) in [7, 11) is 0. The molecular weight excluding hydrogens is 457 g/mol. The normalized spacial score (nSPS) is 14.0. The number of morpholine rings is 1. The third-order valence-corrected chi connectivity index (χ3v) is 6.56. The maximum atomic E-state index is 13.1. The Bertz CT molecular complexity index is 966. The van der Waals surface area contributed by atoms with Crippen LogP contribution in [0.2, 0.25) is 10.0 Å². The van der Waals surface area contributed by atoms with Crippen molar-refractivity contribution in [3.05, 3.63) is 38.7 Å². The third kappa shape index (κ3) is 5.91. The highest BCUT2D eigenvalue weighted by molar-refractivity contribution is 7.19. The summed E-state index contributed by atoms with van der Waals surface area (Å²) in [5.74, 6) is -0.230. The quantitative estimate of drug-likeness (QED) is 0.538. The number of hydrogen-bond donors (Lipinski definition) is 1. The van der Waals surface area contributed by atoms with Crippen LogP contribution in [0.1, 0.15) is 35.5 Å². The molecule has 9 heteroatoms. The van der Waals surface area contributed by atoms with Gasteiger partial charge in [0.25, 0.3) is 5.91 Å². The average Bonchev–Trinajstić information content (AvgIpc) is 3.13. The monoisotopic (exact) mass is 481 g/mol. The second kappa shape index (κ2) is 11.2. The van der Waals surface area contributed by atoms with Gasteiger partial charge in [-0.3, -0.25) is 4.79 Å².